The number of benzene rings is 2. The SMILES string of the molecule is Cc1ccc(Cc2ccc(C(C)CN)cc2)c(C)c1C. The van der Waals surface area contributed by atoms with Gasteiger partial charge in [-0.3, -0.25) is 0 Å². The summed E-state index contributed by atoms with van der Waals surface area (Å²) in [6.07, 6.45) is 1.00. The molecule has 20 heavy (non-hydrogen) atoms. The van der Waals surface area contributed by atoms with E-state index < -0.39 is 0 Å². The molecule has 2 N–H and O–H groups in total. The number of nitrogens with two attached hydrogens (primary N) is 1. The lowest BCUT2D eigenvalue weighted by Gasteiger charge is -2.13. The van der Waals surface area contributed by atoms with Crippen molar-refractivity contribution in [2.24, 2.45) is 5.73 Å². The highest BCUT2D eigenvalue weighted by molar-refractivity contribution is 5.41. The van der Waals surface area contributed by atoms with Gasteiger partial charge in [0.1, 0.15) is 0 Å². The molecular weight excluding hydrogens is 242 g/mol. The van der Waals surface area contributed by atoms with Crippen LogP contribution in [0.2, 0.25) is 0 Å². The fourth-order valence-corrected chi connectivity index (χ4v) is 2.52. The van der Waals surface area contributed by atoms with E-state index in [2.05, 4.69) is 64.1 Å². The summed E-state index contributed by atoms with van der Waals surface area (Å²) in [5.74, 6) is 0.437. The predicted molar refractivity (Wildman–Crippen MR) is 87.4 cm³/mol. The molecule has 0 heterocycles. The predicted octanol–water partition coefficient (Wildman–Crippen LogP) is 4.26. The first kappa shape index (κ1) is 14.8. The molecule has 0 fully saturated rings. The number of hydrogen-bond acceptors (Lipinski definition) is 1. The van der Waals surface area contributed by atoms with E-state index in [-0.39, 0.29) is 0 Å². The van der Waals surface area contributed by atoms with Crippen LogP contribution < -0.4 is 5.73 Å². The Kier molecular flexibility index (Phi) is 4.61. The minimum absolute atomic E-state index is 0.437. The highest BCUT2D eigenvalue weighted by atomic mass is 14.5. The quantitative estimate of drug-likeness (QED) is 0.880. The molecule has 0 amide bonds. The van der Waals surface area contributed by atoms with E-state index in [1.807, 2.05) is 0 Å². The number of aryl methyl sites for hydroxylation is 1. The van der Waals surface area contributed by atoms with Gasteiger partial charge in [-0.15, -0.1) is 0 Å². The van der Waals surface area contributed by atoms with Gasteiger partial charge in [-0.1, -0.05) is 43.3 Å². The lowest BCUT2D eigenvalue weighted by Crippen LogP contribution is -2.08. The lowest BCUT2D eigenvalue weighted by atomic mass is 9.93. The summed E-state index contributed by atoms with van der Waals surface area (Å²) < 4.78 is 0. The highest BCUT2D eigenvalue weighted by Crippen LogP contribution is 2.21. The third-order valence-corrected chi connectivity index (χ3v) is 4.47. The van der Waals surface area contributed by atoms with Gasteiger partial charge in [0.05, 0.1) is 0 Å². The fraction of sp³-hybridized carbons (Fsp3) is 0.368. The molecule has 0 spiro atoms. The molecule has 2 aromatic carbocycles. The molecule has 0 aliphatic carbocycles. The van der Waals surface area contributed by atoms with Crippen molar-refractivity contribution in [3.63, 3.8) is 0 Å². The molecule has 1 nitrogen and oxygen atoms in total. The summed E-state index contributed by atoms with van der Waals surface area (Å²) in [7, 11) is 0. The first-order valence-electron chi connectivity index (χ1n) is 7.37. The number of rotatable bonds is 4. The molecule has 106 valence electrons. The topological polar surface area (TPSA) is 26.0 Å². The molecule has 1 unspecified atom stereocenters. The Hall–Kier alpha value is -1.60. The molecule has 2 rings (SSSR count). The average Bonchev–Trinajstić information content (AvgIpc) is 2.48. The third-order valence-electron chi connectivity index (χ3n) is 4.47. The second kappa shape index (κ2) is 6.23. The lowest BCUT2D eigenvalue weighted by molar-refractivity contribution is 0.773. The molecule has 0 aromatic heterocycles. The van der Waals surface area contributed by atoms with Gasteiger partial charge >= 0.3 is 0 Å². The van der Waals surface area contributed by atoms with E-state index in [0.29, 0.717) is 12.5 Å². The third kappa shape index (κ3) is 3.10. The summed E-state index contributed by atoms with van der Waals surface area (Å²) in [6, 6.07) is 13.4. The smallest absolute Gasteiger partial charge is 0.00109 e. The Labute approximate surface area is 122 Å². The molecule has 2 aromatic rings. The summed E-state index contributed by atoms with van der Waals surface area (Å²) in [5, 5.41) is 0. The highest BCUT2D eigenvalue weighted by Gasteiger charge is 2.06. The van der Waals surface area contributed by atoms with Crippen molar-refractivity contribution in [1.29, 1.82) is 0 Å². The van der Waals surface area contributed by atoms with Crippen molar-refractivity contribution < 1.29 is 0 Å². The van der Waals surface area contributed by atoms with Crippen LogP contribution in [0, 0.1) is 20.8 Å². The normalized spacial score (nSPS) is 12.4. The Morgan fingerprint density at radius 3 is 2.15 bits per heavy atom. The zero-order valence-electron chi connectivity index (χ0n) is 13.0. The van der Waals surface area contributed by atoms with Crippen molar-refractivity contribution >= 4 is 0 Å². The molecule has 0 radical (unpaired) electrons. The Morgan fingerprint density at radius 2 is 1.55 bits per heavy atom. The van der Waals surface area contributed by atoms with E-state index in [1.165, 1.54) is 33.4 Å². The van der Waals surface area contributed by atoms with Gasteiger partial charge in [0.2, 0.25) is 0 Å². The van der Waals surface area contributed by atoms with Crippen LogP contribution in [0.25, 0.3) is 0 Å². The molecular formula is C19H25N. The van der Waals surface area contributed by atoms with Crippen molar-refractivity contribution in [3.05, 3.63) is 69.8 Å². The van der Waals surface area contributed by atoms with E-state index in [0.717, 1.165) is 6.42 Å². The maximum Gasteiger partial charge on any atom is -0.00109 e. The summed E-state index contributed by atoms with van der Waals surface area (Å²) in [5.41, 5.74) is 14.0. The van der Waals surface area contributed by atoms with Gasteiger partial charge < -0.3 is 5.73 Å². The molecule has 0 saturated carbocycles. The molecule has 0 aliphatic heterocycles. The maximum atomic E-state index is 5.72. The van der Waals surface area contributed by atoms with Crippen LogP contribution in [0.3, 0.4) is 0 Å². The van der Waals surface area contributed by atoms with Crippen molar-refractivity contribution in [2.45, 2.75) is 40.0 Å². The van der Waals surface area contributed by atoms with E-state index in [1.54, 1.807) is 0 Å². The monoisotopic (exact) mass is 267 g/mol. The second-order valence-electron chi connectivity index (χ2n) is 5.85. The molecule has 0 saturated heterocycles. The van der Waals surface area contributed by atoms with Gasteiger partial charge in [0.15, 0.2) is 0 Å². The van der Waals surface area contributed by atoms with E-state index in [9.17, 15) is 0 Å². The van der Waals surface area contributed by atoms with Crippen molar-refractivity contribution in [2.75, 3.05) is 6.54 Å². The van der Waals surface area contributed by atoms with Crippen molar-refractivity contribution in [1.82, 2.24) is 0 Å². The van der Waals surface area contributed by atoms with Crippen molar-refractivity contribution in [3.8, 4) is 0 Å². The maximum absolute atomic E-state index is 5.72. The first-order chi connectivity index (χ1) is 9.52. The van der Waals surface area contributed by atoms with Gasteiger partial charge in [0, 0.05) is 0 Å². The van der Waals surface area contributed by atoms with Gasteiger partial charge in [0.25, 0.3) is 0 Å². The molecule has 0 bridgehead atoms. The summed E-state index contributed by atoms with van der Waals surface area (Å²) in [6.45, 7) is 9.48. The van der Waals surface area contributed by atoms with Crippen LogP contribution in [0.5, 0.6) is 0 Å². The minimum Gasteiger partial charge on any atom is -0.330 e. The fourth-order valence-electron chi connectivity index (χ4n) is 2.52. The second-order valence-corrected chi connectivity index (χ2v) is 5.85. The van der Waals surface area contributed by atoms with E-state index >= 15 is 0 Å². The van der Waals surface area contributed by atoms with Crippen LogP contribution >= 0.6 is 0 Å². The van der Waals surface area contributed by atoms with Crippen LogP contribution in [0.4, 0.5) is 0 Å². The number of hydrogen-bond donors (Lipinski definition) is 1. The van der Waals surface area contributed by atoms with Crippen LogP contribution in [0.1, 0.15) is 46.2 Å². The summed E-state index contributed by atoms with van der Waals surface area (Å²) >= 11 is 0. The first-order valence-corrected chi connectivity index (χ1v) is 7.37. The van der Waals surface area contributed by atoms with Gasteiger partial charge in [-0.25, -0.2) is 0 Å². The average molecular weight is 267 g/mol. The van der Waals surface area contributed by atoms with Crippen LogP contribution in [-0.2, 0) is 6.42 Å². The minimum atomic E-state index is 0.437. The van der Waals surface area contributed by atoms with E-state index in [4.69, 9.17) is 5.73 Å². The molecule has 0 aliphatic rings. The van der Waals surface area contributed by atoms with Crippen LogP contribution in [0.15, 0.2) is 36.4 Å². The zero-order chi connectivity index (χ0) is 14.7. The Balaban J connectivity index is 2.20. The molecule has 1 heteroatoms. The molecule has 1 atom stereocenters. The Bertz CT molecular complexity index is 581. The van der Waals surface area contributed by atoms with Crippen LogP contribution in [-0.4, -0.2) is 6.54 Å². The largest absolute Gasteiger partial charge is 0.330 e. The van der Waals surface area contributed by atoms with Gasteiger partial charge in [-0.05, 0) is 73.0 Å². The standard InChI is InChI=1S/C19H25N/c1-13-5-8-19(16(4)15(13)3)11-17-6-9-18(10-7-17)14(2)12-20/h5-10,14H,11-12,20H2,1-4H3. The summed E-state index contributed by atoms with van der Waals surface area (Å²) in [4.78, 5) is 0. The van der Waals surface area contributed by atoms with Gasteiger partial charge in [-0.2, -0.15) is 0 Å². The zero-order valence-corrected chi connectivity index (χ0v) is 13.0. The Morgan fingerprint density at radius 1 is 0.900 bits per heavy atom.